The van der Waals surface area contributed by atoms with Crippen LogP contribution in [-0.2, 0) is 13.1 Å². The quantitative estimate of drug-likeness (QED) is 0.512. The molecule has 1 N–H and O–H groups in total. The standard InChI is InChI=1S/C23H22N4O3/c1-29-17-11-9-16(10-12-17)15-27-21(26-19-7-5-13-24-22(19)27)14-25-23(28)18-6-3-4-8-20(18)30-2/h3-13H,14-15H2,1-2H3,(H,25,28). The number of para-hydroxylation sites is 1. The highest BCUT2D eigenvalue weighted by Crippen LogP contribution is 2.19. The summed E-state index contributed by atoms with van der Waals surface area (Å²) >= 11 is 0. The van der Waals surface area contributed by atoms with Gasteiger partial charge in [-0.25, -0.2) is 9.97 Å². The number of hydrogen-bond donors (Lipinski definition) is 1. The molecular formula is C23H22N4O3. The van der Waals surface area contributed by atoms with E-state index in [-0.39, 0.29) is 12.5 Å². The summed E-state index contributed by atoms with van der Waals surface area (Å²) in [4.78, 5) is 21.9. The topological polar surface area (TPSA) is 78.3 Å². The molecule has 0 aliphatic rings. The number of carbonyl (C=O) groups is 1. The van der Waals surface area contributed by atoms with E-state index in [1.807, 2.05) is 47.0 Å². The maximum Gasteiger partial charge on any atom is 0.255 e. The third-order valence-corrected chi connectivity index (χ3v) is 4.84. The van der Waals surface area contributed by atoms with Crippen molar-refractivity contribution in [3.63, 3.8) is 0 Å². The van der Waals surface area contributed by atoms with Gasteiger partial charge in [-0.1, -0.05) is 24.3 Å². The fraction of sp³-hybridized carbons (Fsp3) is 0.174. The number of imidazole rings is 1. The smallest absolute Gasteiger partial charge is 0.255 e. The van der Waals surface area contributed by atoms with Crippen molar-refractivity contribution in [1.82, 2.24) is 19.9 Å². The van der Waals surface area contributed by atoms with Crippen molar-refractivity contribution in [2.45, 2.75) is 13.1 Å². The predicted octanol–water partition coefficient (Wildman–Crippen LogP) is 3.43. The zero-order chi connectivity index (χ0) is 20.9. The van der Waals surface area contributed by atoms with Crippen LogP contribution in [0.15, 0.2) is 66.9 Å². The lowest BCUT2D eigenvalue weighted by molar-refractivity contribution is 0.0946. The fourth-order valence-electron chi connectivity index (χ4n) is 3.31. The van der Waals surface area contributed by atoms with Gasteiger partial charge in [-0.05, 0) is 42.0 Å². The lowest BCUT2D eigenvalue weighted by Crippen LogP contribution is -2.25. The van der Waals surface area contributed by atoms with E-state index < -0.39 is 0 Å². The summed E-state index contributed by atoms with van der Waals surface area (Å²) in [5.41, 5.74) is 3.12. The van der Waals surface area contributed by atoms with E-state index in [1.54, 1.807) is 38.6 Å². The first-order valence-corrected chi connectivity index (χ1v) is 9.54. The van der Waals surface area contributed by atoms with Crippen molar-refractivity contribution in [1.29, 1.82) is 0 Å². The monoisotopic (exact) mass is 402 g/mol. The number of methoxy groups -OCH3 is 2. The van der Waals surface area contributed by atoms with Gasteiger partial charge in [0.05, 0.1) is 32.9 Å². The van der Waals surface area contributed by atoms with E-state index in [0.717, 1.165) is 28.3 Å². The van der Waals surface area contributed by atoms with Gasteiger partial charge in [0.25, 0.3) is 5.91 Å². The van der Waals surface area contributed by atoms with Crippen molar-refractivity contribution in [3.05, 3.63) is 83.8 Å². The van der Waals surface area contributed by atoms with Crippen molar-refractivity contribution in [3.8, 4) is 11.5 Å². The summed E-state index contributed by atoms with van der Waals surface area (Å²) in [5.74, 6) is 1.84. The van der Waals surface area contributed by atoms with Crippen LogP contribution in [0.25, 0.3) is 11.2 Å². The average Bonchev–Trinajstić information content (AvgIpc) is 3.15. The van der Waals surface area contributed by atoms with Crippen LogP contribution in [0.4, 0.5) is 0 Å². The molecule has 0 fully saturated rings. The average molecular weight is 402 g/mol. The van der Waals surface area contributed by atoms with E-state index in [4.69, 9.17) is 9.47 Å². The molecule has 0 bridgehead atoms. The van der Waals surface area contributed by atoms with Gasteiger partial charge in [-0.2, -0.15) is 0 Å². The highest BCUT2D eigenvalue weighted by Gasteiger charge is 2.15. The summed E-state index contributed by atoms with van der Waals surface area (Å²) in [5, 5.41) is 2.95. The normalized spacial score (nSPS) is 10.7. The Morgan fingerprint density at radius 3 is 2.57 bits per heavy atom. The first-order valence-electron chi connectivity index (χ1n) is 9.54. The van der Waals surface area contributed by atoms with Crippen LogP contribution in [0.2, 0.25) is 0 Å². The maximum atomic E-state index is 12.7. The minimum absolute atomic E-state index is 0.219. The minimum Gasteiger partial charge on any atom is -0.497 e. The number of amides is 1. The second kappa shape index (κ2) is 8.65. The van der Waals surface area contributed by atoms with E-state index in [2.05, 4.69) is 15.3 Å². The van der Waals surface area contributed by atoms with Gasteiger partial charge in [-0.15, -0.1) is 0 Å². The number of rotatable bonds is 7. The third kappa shape index (κ3) is 3.96. The molecule has 0 aliphatic heterocycles. The molecule has 2 aromatic heterocycles. The predicted molar refractivity (Wildman–Crippen MR) is 114 cm³/mol. The molecule has 0 atom stereocenters. The lowest BCUT2D eigenvalue weighted by atomic mass is 10.2. The highest BCUT2D eigenvalue weighted by atomic mass is 16.5. The van der Waals surface area contributed by atoms with E-state index in [1.165, 1.54) is 0 Å². The van der Waals surface area contributed by atoms with Crippen LogP contribution >= 0.6 is 0 Å². The van der Waals surface area contributed by atoms with Gasteiger partial charge in [0, 0.05) is 6.20 Å². The lowest BCUT2D eigenvalue weighted by Gasteiger charge is -2.11. The summed E-state index contributed by atoms with van der Waals surface area (Å²) in [7, 11) is 3.19. The third-order valence-electron chi connectivity index (χ3n) is 4.84. The molecule has 4 aromatic rings. The molecule has 7 heteroatoms. The fourth-order valence-corrected chi connectivity index (χ4v) is 3.31. The summed E-state index contributed by atoms with van der Waals surface area (Å²) in [6.07, 6.45) is 1.74. The second-order valence-electron chi connectivity index (χ2n) is 6.69. The first-order chi connectivity index (χ1) is 14.7. The van der Waals surface area contributed by atoms with Gasteiger partial charge >= 0.3 is 0 Å². The molecule has 152 valence electrons. The first kappa shape index (κ1) is 19.4. The molecule has 0 spiro atoms. The molecule has 4 rings (SSSR count). The van der Waals surface area contributed by atoms with E-state index in [0.29, 0.717) is 17.9 Å². The van der Waals surface area contributed by atoms with Crippen LogP contribution in [0.5, 0.6) is 11.5 Å². The molecule has 30 heavy (non-hydrogen) atoms. The Hall–Kier alpha value is -3.87. The van der Waals surface area contributed by atoms with Gasteiger partial charge in [0.1, 0.15) is 22.8 Å². The van der Waals surface area contributed by atoms with Gasteiger partial charge < -0.3 is 19.4 Å². The highest BCUT2D eigenvalue weighted by molar-refractivity contribution is 5.96. The zero-order valence-corrected chi connectivity index (χ0v) is 16.8. The van der Waals surface area contributed by atoms with Crippen molar-refractivity contribution in [2.75, 3.05) is 14.2 Å². The Labute approximate surface area is 174 Å². The number of aromatic nitrogens is 3. The molecule has 0 radical (unpaired) electrons. The van der Waals surface area contributed by atoms with Gasteiger partial charge in [-0.3, -0.25) is 4.79 Å². The van der Waals surface area contributed by atoms with E-state index in [9.17, 15) is 4.79 Å². The number of nitrogens with zero attached hydrogens (tertiary/aromatic N) is 3. The second-order valence-corrected chi connectivity index (χ2v) is 6.69. The Morgan fingerprint density at radius 1 is 1.00 bits per heavy atom. The molecule has 2 heterocycles. The summed E-state index contributed by atoms with van der Waals surface area (Å²) < 4.78 is 12.5. The molecule has 0 aliphatic carbocycles. The van der Waals surface area contributed by atoms with Gasteiger partial charge in [0.2, 0.25) is 0 Å². The molecule has 1 amide bonds. The molecule has 0 saturated heterocycles. The van der Waals surface area contributed by atoms with Crippen LogP contribution in [0.3, 0.4) is 0 Å². The van der Waals surface area contributed by atoms with Gasteiger partial charge in [0.15, 0.2) is 5.65 Å². The summed E-state index contributed by atoms with van der Waals surface area (Å²) in [6.45, 7) is 0.848. The summed E-state index contributed by atoms with van der Waals surface area (Å²) in [6, 6.07) is 18.7. The number of fused-ring (bicyclic) bond motifs is 1. The Kier molecular flexibility index (Phi) is 5.61. The minimum atomic E-state index is -0.219. The molecular weight excluding hydrogens is 380 g/mol. The number of nitrogens with one attached hydrogen (secondary N) is 1. The van der Waals surface area contributed by atoms with Crippen molar-refractivity contribution >= 4 is 17.1 Å². The molecule has 0 unspecified atom stereocenters. The largest absolute Gasteiger partial charge is 0.497 e. The SMILES string of the molecule is COc1ccc(Cn2c(CNC(=O)c3ccccc3OC)nc3cccnc32)cc1. The Bertz CT molecular complexity index is 1170. The Balaban J connectivity index is 1.60. The number of pyridine rings is 1. The number of carbonyl (C=O) groups excluding carboxylic acids is 1. The van der Waals surface area contributed by atoms with Crippen LogP contribution in [0.1, 0.15) is 21.7 Å². The Morgan fingerprint density at radius 2 is 1.80 bits per heavy atom. The van der Waals surface area contributed by atoms with E-state index >= 15 is 0 Å². The zero-order valence-electron chi connectivity index (χ0n) is 16.8. The maximum absolute atomic E-state index is 12.7. The number of benzene rings is 2. The van der Waals surface area contributed by atoms with Crippen LogP contribution < -0.4 is 14.8 Å². The van der Waals surface area contributed by atoms with Crippen molar-refractivity contribution < 1.29 is 14.3 Å². The van der Waals surface area contributed by atoms with Crippen molar-refractivity contribution in [2.24, 2.45) is 0 Å². The van der Waals surface area contributed by atoms with Crippen LogP contribution in [-0.4, -0.2) is 34.7 Å². The molecule has 7 nitrogen and oxygen atoms in total. The molecule has 2 aromatic carbocycles. The molecule has 0 saturated carbocycles. The number of hydrogen-bond acceptors (Lipinski definition) is 5. The number of ether oxygens (including phenoxy) is 2. The van der Waals surface area contributed by atoms with Crippen LogP contribution in [0, 0.1) is 0 Å².